The Labute approximate surface area is 82.2 Å². The third kappa shape index (κ3) is 1.65. The highest BCUT2D eigenvalue weighted by Gasteiger charge is 2.32. The van der Waals surface area contributed by atoms with Gasteiger partial charge in [-0.2, -0.15) is 0 Å². The lowest BCUT2D eigenvalue weighted by molar-refractivity contribution is -0.144. The Morgan fingerprint density at radius 1 is 1.71 bits per heavy atom. The molecule has 0 amide bonds. The van der Waals surface area contributed by atoms with Crippen molar-refractivity contribution in [3.05, 3.63) is 24.2 Å². The average Bonchev–Trinajstić information content (AvgIpc) is 2.86. The highest BCUT2D eigenvalue weighted by atomic mass is 16.5. The number of hydrogen-bond acceptors (Lipinski definition) is 4. The highest BCUT2D eigenvalue weighted by molar-refractivity contribution is 5.73. The molecule has 0 spiro atoms. The van der Waals surface area contributed by atoms with E-state index < -0.39 is 0 Å². The topological polar surface area (TPSA) is 51.5 Å². The third-order valence-corrected chi connectivity index (χ3v) is 2.55. The maximum atomic E-state index is 11.2. The second-order valence-corrected chi connectivity index (χ2v) is 3.43. The summed E-state index contributed by atoms with van der Waals surface area (Å²) in [7, 11) is 1.42. The first-order valence-electron chi connectivity index (χ1n) is 4.66. The van der Waals surface area contributed by atoms with E-state index in [2.05, 4.69) is 5.32 Å². The number of hydrogen-bond donors (Lipinski definition) is 1. The summed E-state index contributed by atoms with van der Waals surface area (Å²) in [5.41, 5.74) is 0. The second-order valence-electron chi connectivity index (χ2n) is 3.43. The van der Waals surface area contributed by atoms with Crippen LogP contribution in [0.3, 0.4) is 0 Å². The molecular weight excluding hydrogens is 182 g/mol. The van der Waals surface area contributed by atoms with Gasteiger partial charge < -0.3 is 14.5 Å². The predicted molar refractivity (Wildman–Crippen MR) is 49.6 cm³/mol. The summed E-state index contributed by atoms with van der Waals surface area (Å²) in [6, 6.07) is 3.91. The number of nitrogens with one attached hydrogen (secondary N) is 1. The Balaban J connectivity index is 1.98. The van der Waals surface area contributed by atoms with Crippen LogP contribution in [0.4, 0.5) is 0 Å². The molecule has 4 nitrogen and oxygen atoms in total. The molecule has 2 heterocycles. The van der Waals surface area contributed by atoms with Gasteiger partial charge in [0, 0.05) is 6.54 Å². The van der Waals surface area contributed by atoms with E-state index in [1.165, 1.54) is 7.11 Å². The van der Waals surface area contributed by atoms with Crippen LogP contribution in [0.5, 0.6) is 0 Å². The maximum absolute atomic E-state index is 11.2. The minimum absolute atomic E-state index is 0.0462. The molecule has 1 N–H and O–H groups in total. The minimum Gasteiger partial charge on any atom is -0.469 e. The van der Waals surface area contributed by atoms with Crippen LogP contribution < -0.4 is 5.32 Å². The van der Waals surface area contributed by atoms with Crippen molar-refractivity contribution in [2.75, 3.05) is 13.7 Å². The first kappa shape index (κ1) is 9.27. The number of carbonyl (C=O) groups is 1. The van der Waals surface area contributed by atoms with Crippen LogP contribution in [0, 0.1) is 5.92 Å². The Morgan fingerprint density at radius 3 is 3.21 bits per heavy atom. The summed E-state index contributed by atoms with van der Waals surface area (Å²) in [5.74, 6) is 0.693. The number of methoxy groups -OCH3 is 1. The van der Waals surface area contributed by atoms with E-state index in [1.807, 2.05) is 12.1 Å². The van der Waals surface area contributed by atoms with Gasteiger partial charge in [-0.25, -0.2) is 0 Å². The summed E-state index contributed by atoms with van der Waals surface area (Å²) in [4.78, 5) is 11.2. The fourth-order valence-corrected chi connectivity index (χ4v) is 1.79. The second kappa shape index (κ2) is 3.84. The smallest absolute Gasteiger partial charge is 0.310 e. The molecule has 2 unspecified atom stereocenters. The van der Waals surface area contributed by atoms with Gasteiger partial charge in [0.05, 0.1) is 25.3 Å². The molecule has 1 fully saturated rings. The SMILES string of the molecule is COC(=O)C1CNC(c2ccco2)C1. The van der Waals surface area contributed by atoms with Crippen molar-refractivity contribution in [2.24, 2.45) is 5.92 Å². The standard InChI is InChI=1S/C10H13NO3/c1-13-10(12)7-5-8(11-6-7)9-3-2-4-14-9/h2-4,7-8,11H,5-6H2,1H3. The van der Waals surface area contributed by atoms with Crippen LogP contribution in [0.15, 0.2) is 22.8 Å². The van der Waals surface area contributed by atoms with Gasteiger partial charge in [0.15, 0.2) is 0 Å². The van der Waals surface area contributed by atoms with E-state index in [-0.39, 0.29) is 17.9 Å². The number of furan rings is 1. The van der Waals surface area contributed by atoms with Gasteiger partial charge in [-0.3, -0.25) is 4.79 Å². The normalized spacial score (nSPS) is 26.4. The van der Waals surface area contributed by atoms with Crippen LogP contribution in [0.25, 0.3) is 0 Å². The summed E-state index contributed by atoms with van der Waals surface area (Å²) >= 11 is 0. The van der Waals surface area contributed by atoms with E-state index in [1.54, 1.807) is 6.26 Å². The predicted octanol–water partition coefficient (Wildman–Crippen LogP) is 1.10. The first-order valence-corrected chi connectivity index (χ1v) is 4.66. The molecule has 0 radical (unpaired) electrons. The summed E-state index contributed by atoms with van der Waals surface area (Å²) in [6.45, 7) is 0.665. The van der Waals surface area contributed by atoms with Crippen molar-refractivity contribution in [1.82, 2.24) is 5.32 Å². The zero-order valence-corrected chi connectivity index (χ0v) is 8.03. The minimum atomic E-state index is -0.147. The molecule has 1 saturated heterocycles. The highest BCUT2D eigenvalue weighted by Crippen LogP contribution is 2.27. The monoisotopic (exact) mass is 195 g/mol. The molecule has 0 bridgehead atoms. The molecule has 2 atom stereocenters. The molecule has 1 aromatic rings. The largest absolute Gasteiger partial charge is 0.469 e. The van der Waals surface area contributed by atoms with Crippen molar-refractivity contribution in [3.8, 4) is 0 Å². The molecule has 0 aliphatic carbocycles. The molecule has 2 rings (SSSR count). The van der Waals surface area contributed by atoms with Gasteiger partial charge in [-0.05, 0) is 18.6 Å². The summed E-state index contributed by atoms with van der Waals surface area (Å²) < 4.78 is 9.95. The number of carbonyl (C=O) groups excluding carboxylic acids is 1. The van der Waals surface area contributed by atoms with E-state index in [0.29, 0.717) is 6.54 Å². The summed E-state index contributed by atoms with van der Waals surface area (Å²) in [5, 5.41) is 3.23. The van der Waals surface area contributed by atoms with E-state index >= 15 is 0 Å². The van der Waals surface area contributed by atoms with E-state index in [0.717, 1.165) is 12.2 Å². The van der Waals surface area contributed by atoms with E-state index in [9.17, 15) is 4.79 Å². The lowest BCUT2D eigenvalue weighted by atomic mass is 10.0. The Bertz CT molecular complexity index is 307. The van der Waals surface area contributed by atoms with Crippen LogP contribution in [0.1, 0.15) is 18.2 Å². The Hall–Kier alpha value is -1.29. The van der Waals surface area contributed by atoms with Crippen LogP contribution in [-0.4, -0.2) is 19.6 Å². The van der Waals surface area contributed by atoms with Gasteiger partial charge in [0.1, 0.15) is 5.76 Å². The van der Waals surface area contributed by atoms with Gasteiger partial charge in [0.2, 0.25) is 0 Å². The van der Waals surface area contributed by atoms with Gasteiger partial charge in [-0.1, -0.05) is 0 Å². The van der Waals surface area contributed by atoms with Crippen molar-refractivity contribution in [3.63, 3.8) is 0 Å². The molecule has 4 heteroatoms. The maximum Gasteiger partial charge on any atom is 0.310 e. The molecule has 1 aliphatic rings. The van der Waals surface area contributed by atoms with E-state index in [4.69, 9.17) is 9.15 Å². The van der Waals surface area contributed by atoms with Crippen LogP contribution in [0.2, 0.25) is 0 Å². The zero-order chi connectivity index (χ0) is 9.97. The van der Waals surface area contributed by atoms with Gasteiger partial charge >= 0.3 is 5.97 Å². The number of esters is 1. The van der Waals surface area contributed by atoms with Crippen LogP contribution in [-0.2, 0) is 9.53 Å². The molecule has 1 aromatic heterocycles. The Kier molecular flexibility index (Phi) is 2.54. The van der Waals surface area contributed by atoms with Crippen molar-refractivity contribution < 1.29 is 13.9 Å². The first-order chi connectivity index (χ1) is 6.81. The van der Waals surface area contributed by atoms with Gasteiger partial charge in [0.25, 0.3) is 0 Å². The molecule has 14 heavy (non-hydrogen) atoms. The number of rotatable bonds is 2. The lowest BCUT2D eigenvalue weighted by Crippen LogP contribution is -2.19. The zero-order valence-electron chi connectivity index (χ0n) is 8.03. The third-order valence-electron chi connectivity index (χ3n) is 2.55. The fourth-order valence-electron chi connectivity index (χ4n) is 1.79. The molecule has 0 aromatic carbocycles. The lowest BCUT2D eigenvalue weighted by Gasteiger charge is -2.06. The van der Waals surface area contributed by atoms with Crippen LogP contribution >= 0.6 is 0 Å². The number of ether oxygens (including phenoxy) is 1. The quantitative estimate of drug-likeness (QED) is 0.718. The fraction of sp³-hybridized carbons (Fsp3) is 0.500. The van der Waals surface area contributed by atoms with Gasteiger partial charge in [-0.15, -0.1) is 0 Å². The molecule has 1 aliphatic heterocycles. The molecule has 0 saturated carbocycles. The van der Waals surface area contributed by atoms with Crippen molar-refractivity contribution >= 4 is 5.97 Å². The van der Waals surface area contributed by atoms with Crippen molar-refractivity contribution in [1.29, 1.82) is 0 Å². The molecular formula is C10H13NO3. The molecule has 76 valence electrons. The van der Waals surface area contributed by atoms with Crippen molar-refractivity contribution in [2.45, 2.75) is 12.5 Å². The Morgan fingerprint density at radius 2 is 2.57 bits per heavy atom. The summed E-state index contributed by atoms with van der Waals surface area (Å²) in [6.07, 6.45) is 2.39. The average molecular weight is 195 g/mol.